The average molecular weight is 264 g/mol. The Morgan fingerprint density at radius 3 is 2.55 bits per heavy atom. The van der Waals surface area contributed by atoms with E-state index in [0.29, 0.717) is 6.42 Å². The third-order valence-electron chi connectivity index (χ3n) is 4.39. The van der Waals surface area contributed by atoms with Crippen molar-refractivity contribution < 1.29 is 4.79 Å². The van der Waals surface area contributed by atoms with E-state index in [0.717, 1.165) is 12.1 Å². The van der Waals surface area contributed by atoms with Crippen LogP contribution in [0.15, 0.2) is 48.5 Å². The van der Waals surface area contributed by atoms with Crippen LogP contribution in [0.2, 0.25) is 0 Å². The van der Waals surface area contributed by atoms with Gasteiger partial charge in [-0.15, -0.1) is 0 Å². The maximum atomic E-state index is 12.5. The molecule has 3 heteroatoms. The molecule has 2 aliphatic heterocycles. The van der Waals surface area contributed by atoms with Crippen molar-refractivity contribution in [1.82, 2.24) is 0 Å². The topological polar surface area (TPSA) is 46.3 Å². The Labute approximate surface area is 118 Å². The zero-order valence-electron chi connectivity index (χ0n) is 11.1. The fourth-order valence-electron chi connectivity index (χ4n) is 3.45. The number of nitrogens with two attached hydrogens (primary N) is 1. The summed E-state index contributed by atoms with van der Waals surface area (Å²) in [6, 6.07) is 16.2. The van der Waals surface area contributed by atoms with Gasteiger partial charge in [0.15, 0.2) is 0 Å². The van der Waals surface area contributed by atoms with Gasteiger partial charge in [-0.25, -0.2) is 0 Å². The number of amides is 1. The van der Waals surface area contributed by atoms with Crippen LogP contribution in [0.1, 0.15) is 29.2 Å². The van der Waals surface area contributed by atoms with Crippen LogP contribution >= 0.6 is 0 Å². The molecule has 2 aliphatic rings. The summed E-state index contributed by atoms with van der Waals surface area (Å²) in [7, 11) is 0. The van der Waals surface area contributed by atoms with Crippen LogP contribution in [0.3, 0.4) is 0 Å². The van der Waals surface area contributed by atoms with Gasteiger partial charge in [0.1, 0.15) is 0 Å². The van der Waals surface area contributed by atoms with E-state index in [4.69, 9.17) is 5.73 Å². The number of carbonyl (C=O) groups is 1. The third kappa shape index (κ3) is 1.53. The minimum absolute atomic E-state index is 0.0409. The summed E-state index contributed by atoms with van der Waals surface area (Å²) < 4.78 is 0. The molecule has 2 atom stereocenters. The lowest BCUT2D eigenvalue weighted by Crippen LogP contribution is -2.34. The van der Waals surface area contributed by atoms with Gasteiger partial charge in [-0.3, -0.25) is 4.79 Å². The molecule has 0 saturated carbocycles. The number of nitrogens with zero attached hydrogens (tertiary/aromatic N) is 1. The van der Waals surface area contributed by atoms with Crippen molar-refractivity contribution >= 4 is 11.6 Å². The Hall–Kier alpha value is -2.13. The van der Waals surface area contributed by atoms with Gasteiger partial charge in [-0.1, -0.05) is 42.5 Å². The smallest absolute Gasteiger partial charge is 0.244 e. The molecule has 0 spiro atoms. The van der Waals surface area contributed by atoms with Crippen molar-refractivity contribution in [3.05, 3.63) is 65.2 Å². The lowest BCUT2D eigenvalue weighted by molar-refractivity contribution is -0.118. The van der Waals surface area contributed by atoms with Gasteiger partial charge >= 0.3 is 0 Å². The van der Waals surface area contributed by atoms with Gasteiger partial charge in [-0.2, -0.15) is 0 Å². The van der Waals surface area contributed by atoms with E-state index in [9.17, 15) is 4.79 Å². The first-order valence-corrected chi connectivity index (χ1v) is 7.00. The molecule has 1 saturated heterocycles. The molecule has 3 nitrogen and oxygen atoms in total. The molecule has 100 valence electrons. The number of fused-ring (bicyclic) bond motifs is 5. The monoisotopic (exact) mass is 264 g/mol. The molecule has 2 unspecified atom stereocenters. The zero-order chi connectivity index (χ0) is 13.7. The molecular weight excluding hydrogens is 248 g/mol. The summed E-state index contributed by atoms with van der Waals surface area (Å²) in [6.07, 6.45) is 1.58. The SMILES string of the molecule is NC1CC2c3ccccc3Cc3ccccc3N2C1=O. The Balaban J connectivity index is 1.98. The number of benzene rings is 2. The van der Waals surface area contributed by atoms with Gasteiger partial charge in [0.25, 0.3) is 0 Å². The molecule has 0 bridgehead atoms. The highest BCUT2D eigenvalue weighted by atomic mass is 16.2. The second kappa shape index (κ2) is 4.18. The van der Waals surface area contributed by atoms with Crippen molar-refractivity contribution in [3.63, 3.8) is 0 Å². The van der Waals surface area contributed by atoms with Crippen LogP contribution in [0.5, 0.6) is 0 Å². The van der Waals surface area contributed by atoms with Crippen LogP contribution in [-0.2, 0) is 11.2 Å². The van der Waals surface area contributed by atoms with E-state index in [2.05, 4.69) is 24.3 Å². The Morgan fingerprint density at radius 2 is 1.70 bits per heavy atom. The van der Waals surface area contributed by atoms with Crippen LogP contribution in [0, 0.1) is 0 Å². The summed E-state index contributed by atoms with van der Waals surface area (Å²) in [5.74, 6) is 0.0409. The maximum absolute atomic E-state index is 12.5. The molecule has 2 N–H and O–H groups in total. The molecule has 2 aromatic carbocycles. The highest BCUT2D eigenvalue weighted by Crippen LogP contribution is 2.42. The summed E-state index contributed by atoms with van der Waals surface area (Å²) >= 11 is 0. The number of carbonyl (C=O) groups excluding carboxylic acids is 1. The van der Waals surface area contributed by atoms with Crippen molar-refractivity contribution in [2.75, 3.05) is 4.90 Å². The van der Waals surface area contributed by atoms with Crippen molar-refractivity contribution in [3.8, 4) is 0 Å². The molecule has 2 aromatic rings. The van der Waals surface area contributed by atoms with Crippen LogP contribution < -0.4 is 10.6 Å². The molecule has 0 aromatic heterocycles. The van der Waals surface area contributed by atoms with E-state index in [1.807, 2.05) is 29.2 Å². The lowest BCUT2D eigenvalue weighted by Gasteiger charge is -2.25. The van der Waals surface area contributed by atoms with Crippen LogP contribution in [0.25, 0.3) is 0 Å². The highest BCUT2D eigenvalue weighted by Gasteiger charge is 2.41. The second-order valence-corrected chi connectivity index (χ2v) is 5.57. The number of hydrogen-bond donors (Lipinski definition) is 1. The summed E-state index contributed by atoms with van der Waals surface area (Å²) in [6.45, 7) is 0. The van der Waals surface area contributed by atoms with Gasteiger partial charge in [0, 0.05) is 5.69 Å². The Bertz CT molecular complexity index is 695. The molecular formula is C17H16N2O. The predicted octanol–water partition coefficient (Wildman–Crippen LogP) is 2.40. The van der Waals surface area contributed by atoms with E-state index in [1.54, 1.807) is 0 Å². The fourth-order valence-corrected chi connectivity index (χ4v) is 3.45. The molecule has 1 fully saturated rings. The van der Waals surface area contributed by atoms with Gasteiger partial charge < -0.3 is 10.6 Å². The van der Waals surface area contributed by atoms with Gasteiger partial charge in [-0.05, 0) is 35.6 Å². The normalized spacial score (nSPS) is 23.9. The molecule has 0 aliphatic carbocycles. The average Bonchev–Trinajstić information content (AvgIpc) is 2.68. The lowest BCUT2D eigenvalue weighted by atomic mass is 9.95. The molecule has 0 radical (unpaired) electrons. The quantitative estimate of drug-likeness (QED) is 0.794. The maximum Gasteiger partial charge on any atom is 0.244 e. The molecule has 1 amide bonds. The van der Waals surface area contributed by atoms with Gasteiger partial charge in [0.05, 0.1) is 12.1 Å². The number of para-hydroxylation sites is 1. The minimum atomic E-state index is -0.390. The van der Waals surface area contributed by atoms with Crippen molar-refractivity contribution in [2.24, 2.45) is 5.73 Å². The second-order valence-electron chi connectivity index (χ2n) is 5.57. The van der Waals surface area contributed by atoms with E-state index in [-0.39, 0.29) is 18.0 Å². The van der Waals surface area contributed by atoms with Crippen LogP contribution in [-0.4, -0.2) is 11.9 Å². The van der Waals surface area contributed by atoms with E-state index in [1.165, 1.54) is 16.7 Å². The standard InChI is InChI=1S/C17H16N2O/c18-14-10-16-13-7-3-1-5-11(13)9-12-6-2-4-8-15(12)19(16)17(14)20/h1-8,14,16H,9-10,18H2. The summed E-state index contributed by atoms with van der Waals surface area (Å²) in [5.41, 5.74) is 10.8. The molecule has 20 heavy (non-hydrogen) atoms. The first kappa shape index (κ1) is 11.7. The first-order chi connectivity index (χ1) is 9.75. The van der Waals surface area contributed by atoms with Crippen molar-refractivity contribution in [1.29, 1.82) is 0 Å². The largest absolute Gasteiger partial charge is 0.320 e. The van der Waals surface area contributed by atoms with E-state index >= 15 is 0 Å². The van der Waals surface area contributed by atoms with Gasteiger partial charge in [0.2, 0.25) is 5.91 Å². The highest BCUT2D eigenvalue weighted by molar-refractivity contribution is 6.01. The number of anilines is 1. The van der Waals surface area contributed by atoms with Crippen molar-refractivity contribution in [2.45, 2.75) is 24.9 Å². The van der Waals surface area contributed by atoms with E-state index < -0.39 is 0 Å². The first-order valence-electron chi connectivity index (χ1n) is 7.00. The minimum Gasteiger partial charge on any atom is -0.320 e. The molecule has 2 heterocycles. The molecule has 4 rings (SSSR count). The van der Waals surface area contributed by atoms with Crippen LogP contribution in [0.4, 0.5) is 5.69 Å². The zero-order valence-corrected chi connectivity index (χ0v) is 11.1. The summed E-state index contributed by atoms with van der Waals surface area (Å²) in [5, 5.41) is 0. The number of hydrogen-bond acceptors (Lipinski definition) is 2. The fraction of sp³-hybridized carbons (Fsp3) is 0.235. The number of rotatable bonds is 0. The Kier molecular flexibility index (Phi) is 2.44. The third-order valence-corrected chi connectivity index (χ3v) is 4.39. The summed E-state index contributed by atoms with van der Waals surface area (Å²) in [4.78, 5) is 14.4. The predicted molar refractivity (Wildman–Crippen MR) is 78.5 cm³/mol. The Morgan fingerprint density at radius 1 is 1.00 bits per heavy atom.